The third-order valence-electron chi connectivity index (χ3n) is 7.42. The molecule has 1 spiro atoms. The van der Waals surface area contributed by atoms with E-state index in [1.807, 2.05) is 6.92 Å². The van der Waals surface area contributed by atoms with Crippen LogP contribution in [0.4, 0.5) is 0 Å². The fourth-order valence-corrected chi connectivity index (χ4v) is 5.82. The number of ether oxygens (including phenoxy) is 2. The third kappa shape index (κ3) is 2.60. The summed E-state index contributed by atoms with van der Waals surface area (Å²) in [7, 11) is 0. The maximum absolute atomic E-state index is 12.5. The van der Waals surface area contributed by atoms with Crippen LogP contribution in [0.3, 0.4) is 0 Å². The summed E-state index contributed by atoms with van der Waals surface area (Å²) in [6, 6.07) is 0.0681. The second kappa shape index (κ2) is 5.96. The summed E-state index contributed by atoms with van der Waals surface area (Å²) in [6.07, 6.45) is 6.64. The molecule has 5 heteroatoms. The van der Waals surface area contributed by atoms with Gasteiger partial charge in [-0.1, -0.05) is 13.8 Å². The van der Waals surface area contributed by atoms with Crippen molar-refractivity contribution in [2.24, 2.45) is 23.2 Å². The van der Waals surface area contributed by atoms with E-state index >= 15 is 0 Å². The Balaban J connectivity index is 1.49. The number of hydrogen-bond acceptors (Lipinski definition) is 5. The Kier molecular flexibility index (Phi) is 4.17. The summed E-state index contributed by atoms with van der Waals surface area (Å²) >= 11 is 0. The summed E-state index contributed by atoms with van der Waals surface area (Å²) in [4.78, 5) is 12.5. The van der Waals surface area contributed by atoms with Gasteiger partial charge in [0.25, 0.3) is 0 Å². The maximum Gasteiger partial charge on any atom is 0.310 e. The highest BCUT2D eigenvalue weighted by Crippen LogP contribution is 2.62. The minimum absolute atomic E-state index is 0.0432. The van der Waals surface area contributed by atoms with E-state index in [0.717, 1.165) is 25.9 Å². The number of rotatable bonds is 5. The van der Waals surface area contributed by atoms with Crippen molar-refractivity contribution < 1.29 is 19.4 Å². The van der Waals surface area contributed by atoms with E-state index < -0.39 is 0 Å². The summed E-state index contributed by atoms with van der Waals surface area (Å²) < 4.78 is 11.7. The SMILES string of the molecule is CC[C@H](CO)NC[C@@H]1C(=O)O[C@@H]2C[C@@]3(C)CCC[C@]4(CO4)[C@@H]3C[C@H]12. The number of aliphatic hydroxyl groups excluding tert-OH is 1. The number of aliphatic hydroxyl groups is 1. The van der Waals surface area contributed by atoms with Gasteiger partial charge in [0.05, 0.1) is 24.7 Å². The highest BCUT2D eigenvalue weighted by atomic mass is 16.6. The number of fused-ring (bicyclic) bond motifs is 3. The minimum Gasteiger partial charge on any atom is -0.462 e. The van der Waals surface area contributed by atoms with Crippen LogP contribution in [0, 0.1) is 23.2 Å². The average molecular weight is 337 g/mol. The molecule has 2 heterocycles. The Labute approximate surface area is 144 Å². The van der Waals surface area contributed by atoms with Gasteiger partial charge in [0.1, 0.15) is 6.10 Å². The van der Waals surface area contributed by atoms with Crippen LogP contribution in [0.1, 0.15) is 52.4 Å². The summed E-state index contributed by atoms with van der Waals surface area (Å²) in [5.41, 5.74) is 0.369. The molecule has 2 aliphatic carbocycles. The molecule has 5 nitrogen and oxygen atoms in total. The number of carbonyl (C=O) groups is 1. The van der Waals surface area contributed by atoms with E-state index in [1.54, 1.807) is 0 Å². The fourth-order valence-electron chi connectivity index (χ4n) is 5.82. The van der Waals surface area contributed by atoms with Crippen LogP contribution in [0.25, 0.3) is 0 Å². The van der Waals surface area contributed by atoms with Crippen molar-refractivity contribution in [3.63, 3.8) is 0 Å². The topological polar surface area (TPSA) is 71.1 Å². The van der Waals surface area contributed by atoms with E-state index in [2.05, 4.69) is 12.2 Å². The molecule has 4 fully saturated rings. The highest BCUT2D eigenvalue weighted by molar-refractivity contribution is 5.75. The Bertz CT molecular complexity index is 502. The molecular formula is C19H31NO4. The number of epoxide rings is 1. The van der Waals surface area contributed by atoms with E-state index in [0.29, 0.717) is 18.4 Å². The quantitative estimate of drug-likeness (QED) is 0.592. The van der Waals surface area contributed by atoms with Crippen LogP contribution in [-0.2, 0) is 14.3 Å². The lowest BCUT2D eigenvalue weighted by Crippen LogP contribution is -2.51. The van der Waals surface area contributed by atoms with Crippen molar-refractivity contribution in [1.29, 1.82) is 0 Å². The third-order valence-corrected chi connectivity index (χ3v) is 7.42. The fraction of sp³-hybridized carbons (Fsp3) is 0.947. The lowest BCUT2D eigenvalue weighted by atomic mass is 9.53. The number of nitrogens with one attached hydrogen (secondary N) is 1. The van der Waals surface area contributed by atoms with Gasteiger partial charge in [-0.25, -0.2) is 0 Å². The molecular weight excluding hydrogens is 306 g/mol. The standard InChI is InChI=1S/C19H31NO4/c1-3-12(10-21)20-9-14-13-7-16-18(2,8-15(13)24-17(14)22)5-4-6-19(16)11-23-19/h12-16,20-21H,3-11H2,1-2H3/t12-,13-,14+,15-,16-,18-,19+/m1/s1. The van der Waals surface area contributed by atoms with E-state index in [1.165, 1.54) is 19.3 Å². The lowest BCUT2D eigenvalue weighted by Gasteiger charge is -2.51. The normalized spacial score (nSPS) is 47.9. The van der Waals surface area contributed by atoms with E-state index in [-0.39, 0.29) is 41.7 Å². The predicted octanol–water partition coefficient (Wildman–Crippen LogP) is 1.87. The molecule has 4 aliphatic rings. The van der Waals surface area contributed by atoms with Gasteiger partial charge >= 0.3 is 5.97 Å². The smallest absolute Gasteiger partial charge is 0.310 e. The van der Waals surface area contributed by atoms with Crippen LogP contribution >= 0.6 is 0 Å². The van der Waals surface area contributed by atoms with Gasteiger partial charge in [0.15, 0.2) is 0 Å². The van der Waals surface area contributed by atoms with Gasteiger partial charge in [-0.05, 0) is 49.9 Å². The van der Waals surface area contributed by atoms with E-state index in [4.69, 9.17) is 9.47 Å². The summed E-state index contributed by atoms with van der Waals surface area (Å²) in [5, 5.41) is 12.7. The molecule has 0 aromatic heterocycles. The van der Waals surface area contributed by atoms with Crippen LogP contribution < -0.4 is 5.32 Å². The molecule has 0 radical (unpaired) electrons. The summed E-state index contributed by atoms with van der Waals surface area (Å²) in [5.74, 6) is 0.756. The van der Waals surface area contributed by atoms with Gasteiger partial charge in [0, 0.05) is 18.5 Å². The first-order valence-corrected chi connectivity index (χ1v) is 9.70. The van der Waals surface area contributed by atoms with Crippen molar-refractivity contribution in [3.8, 4) is 0 Å². The predicted molar refractivity (Wildman–Crippen MR) is 89.4 cm³/mol. The van der Waals surface area contributed by atoms with Crippen molar-refractivity contribution >= 4 is 5.97 Å². The van der Waals surface area contributed by atoms with Gasteiger partial charge in [0.2, 0.25) is 0 Å². The highest BCUT2D eigenvalue weighted by Gasteiger charge is 2.64. The van der Waals surface area contributed by atoms with Crippen LogP contribution in [0.2, 0.25) is 0 Å². The minimum atomic E-state index is -0.0714. The molecule has 4 rings (SSSR count). The van der Waals surface area contributed by atoms with E-state index in [9.17, 15) is 9.90 Å². The van der Waals surface area contributed by atoms with Gasteiger partial charge < -0.3 is 19.9 Å². The molecule has 2 aliphatic heterocycles. The zero-order chi connectivity index (χ0) is 16.9. The molecule has 24 heavy (non-hydrogen) atoms. The van der Waals surface area contributed by atoms with Crippen molar-refractivity contribution in [3.05, 3.63) is 0 Å². The first kappa shape index (κ1) is 16.8. The summed E-state index contributed by atoms with van der Waals surface area (Å²) in [6.45, 7) is 6.08. The molecule has 7 atom stereocenters. The molecule has 136 valence electrons. The number of hydrogen-bond donors (Lipinski definition) is 2. The van der Waals surface area contributed by atoms with Crippen LogP contribution in [0.15, 0.2) is 0 Å². The number of esters is 1. The Hall–Kier alpha value is -0.650. The Morgan fingerprint density at radius 3 is 2.88 bits per heavy atom. The van der Waals surface area contributed by atoms with Gasteiger partial charge in [-0.3, -0.25) is 4.79 Å². The second-order valence-electron chi connectivity index (χ2n) is 8.80. The molecule has 0 unspecified atom stereocenters. The molecule has 0 aromatic rings. The average Bonchev–Trinajstić information content (AvgIpc) is 3.25. The zero-order valence-corrected chi connectivity index (χ0v) is 14.9. The van der Waals surface area contributed by atoms with Gasteiger partial charge in [-0.15, -0.1) is 0 Å². The lowest BCUT2D eigenvalue weighted by molar-refractivity contribution is -0.147. The Morgan fingerprint density at radius 2 is 2.21 bits per heavy atom. The Morgan fingerprint density at radius 1 is 1.42 bits per heavy atom. The molecule has 0 bridgehead atoms. The van der Waals surface area contributed by atoms with Crippen molar-refractivity contribution in [2.45, 2.75) is 70.1 Å². The molecule has 2 saturated carbocycles. The molecule has 2 saturated heterocycles. The molecule has 0 aromatic carbocycles. The second-order valence-corrected chi connectivity index (χ2v) is 8.80. The number of carbonyl (C=O) groups excluding carboxylic acids is 1. The first-order chi connectivity index (χ1) is 11.5. The maximum atomic E-state index is 12.5. The van der Waals surface area contributed by atoms with Crippen molar-refractivity contribution in [2.75, 3.05) is 19.8 Å². The van der Waals surface area contributed by atoms with Crippen molar-refractivity contribution in [1.82, 2.24) is 5.32 Å². The van der Waals surface area contributed by atoms with Gasteiger partial charge in [-0.2, -0.15) is 0 Å². The molecule has 2 N–H and O–H groups in total. The van der Waals surface area contributed by atoms with Crippen LogP contribution in [-0.4, -0.2) is 48.6 Å². The largest absolute Gasteiger partial charge is 0.462 e. The zero-order valence-electron chi connectivity index (χ0n) is 14.9. The molecule has 0 amide bonds. The first-order valence-electron chi connectivity index (χ1n) is 9.70. The monoisotopic (exact) mass is 337 g/mol. The van der Waals surface area contributed by atoms with Crippen LogP contribution in [0.5, 0.6) is 0 Å².